The van der Waals surface area contributed by atoms with Crippen LogP contribution in [0.4, 0.5) is 5.69 Å². The lowest BCUT2D eigenvalue weighted by Gasteiger charge is -2.35. The highest BCUT2D eigenvalue weighted by Gasteiger charge is 2.29. The normalized spacial score (nSPS) is 19.1. The molecule has 0 saturated carbocycles. The summed E-state index contributed by atoms with van der Waals surface area (Å²) >= 11 is 1.43. The van der Waals surface area contributed by atoms with Crippen molar-refractivity contribution in [3.05, 3.63) is 22.7 Å². The number of pyridine rings is 1. The third-order valence-corrected chi connectivity index (χ3v) is 5.49. The molecule has 1 amide bonds. The number of likely N-dealkylation sites (tertiary alicyclic amines) is 1. The summed E-state index contributed by atoms with van der Waals surface area (Å²) in [6.45, 7) is 5.00. The molecule has 21 heavy (non-hydrogen) atoms. The van der Waals surface area contributed by atoms with Crippen molar-refractivity contribution in [2.45, 2.75) is 45.6 Å². The summed E-state index contributed by atoms with van der Waals surface area (Å²) in [7, 11) is 0. The Balaban J connectivity index is 2.01. The third kappa shape index (κ3) is 2.39. The number of carbonyl (C=O) groups is 1. The number of aryl methyl sites for hydroxylation is 1. The first kappa shape index (κ1) is 14.3. The number of thiophene rings is 1. The van der Waals surface area contributed by atoms with Gasteiger partial charge in [0.15, 0.2) is 0 Å². The summed E-state index contributed by atoms with van der Waals surface area (Å²) in [6, 6.07) is 2.29. The van der Waals surface area contributed by atoms with Gasteiger partial charge < -0.3 is 10.6 Å². The zero-order chi connectivity index (χ0) is 15.0. The van der Waals surface area contributed by atoms with Crippen LogP contribution in [0.25, 0.3) is 10.2 Å². The Morgan fingerprint density at radius 1 is 1.52 bits per heavy atom. The van der Waals surface area contributed by atoms with Gasteiger partial charge >= 0.3 is 0 Å². The second-order valence-electron chi connectivity index (χ2n) is 5.71. The first-order valence-corrected chi connectivity index (χ1v) is 8.39. The van der Waals surface area contributed by atoms with Gasteiger partial charge in [0.05, 0.1) is 5.69 Å². The highest BCUT2D eigenvalue weighted by Crippen LogP contribution is 2.36. The van der Waals surface area contributed by atoms with Crippen LogP contribution in [0.1, 0.15) is 47.8 Å². The van der Waals surface area contributed by atoms with Crippen LogP contribution >= 0.6 is 11.3 Å². The molecule has 2 N–H and O–H groups in total. The molecule has 4 nitrogen and oxygen atoms in total. The molecule has 5 heteroatoms. The van der Waals surface area contributed by atoms with Crippen molar-refractivity contribution >= 4 is 33.1 Å². The van der Waals surface area contributed by atoms with Crippen molar-refractivity contribution in [1.82, 2.24) is 9.88 Å². The van der Waals surface area contributed by atoms with Gasteiger partial charge in [0, 0.05) is 24.2 Å². The van der Waals surface area contributed by atoms with Crippen molar-refractivity contribution in [2.24, 2.45) is 0 Å². The van der Waals surface area contributed by atoms with E-state index in [0.29, 0.717) is 16.6 Å². The monoisotopic (exact) mass is 303 g/mol. The zero-order valence-electron chi connectivity index (χ0n) is 12.6. The number of rotatable bonds is 2. The van der Waals surface area contributed by atoms with Gasteiger partial charge in [-0.2, -0.15) is 0 Å². The molecule has 1 atom stereocenters. The molecule has 0 aromatic carbocycles. The number of hydrogen-bond donors (Lipinski definition) is 1. The number of aromatic nitrogens is 1. The Bertz CT molecular complexity index is 679. The Morgan fingerprint density at radius 3 is 3.05 bits per heavy atom. The van der Waals surface area contributed by atoms with E-state index >= 15 is 0 Å². The van der Waals surface area contributed by atoms with Crippen LogP contribution < -0.4 is 5.73 Å². The molecule has 1 aliphatic rings. The van der Waals surface area contributed by atoms with Crippen LogP contribution in [-0.4, -0.2) is 28.4 Å². The van der Waals surface area contributed by atoms with Crippen molar-refractivity contribution in [1.29, 1.82) is 0 Å². The molecular weight excluding hydrogens is 282 g/mol. The van der Waals surface area contributed by atoms with Crippen molar-refractivity contribution in [3.63, 3.8) is 0 Å². The number of fused-ring (bicyclic) bond motifs is 1. The van der Waals surface area contributed by atoms with Gasteiger partial charge in [-0.3, -0.25) is 4.79 Å². The Hall–Kier alpha value is -1.62. The zero-order valence-corrected chi connectivity index (χ0v) is 13.4. The van der Waals surface area contributed by atoms with Crippen LogP contribution in [-0.2, 0) is 0 Å². The standard InChI is InChI=1S/C16H21N3OS/c1-3-11-6-4-5-9-19(11)16(20)14-13(17)12-10(2)7-8-18-15(12)21-14/h7-8,11H,3-6,9,17H2,1-2H3. The Kier molecular flexibility index (Phi) is 3.85. The summed E-state index contributed by atoms with van der Waals surface area (Å²) in [4.78, 5) is 20.8. The van der Waals surface area contributed by atoms with E-state index in [9.17, 15) is 4.79 Å². The van der Waals surface area contributed by atoms with Gasteiger partial charge in [-0.25, -0.2) is 4.98 Å². The van der Waals surface area contributed by atoms with E-state index in [-0.39, 0.29) is 5.91 Å². The first-order valence-electron chi connectivity index (χ1n) is 7.58. The molecule has 0 radical (unpaired) electrons. The summed E-state index contributed by atoms with van der Waals surface area (Å²) in [5.41, 5.74) is 7.94. The van der Waals surface area contributed by atoms with Gasteiger partial charge in [0.25, 0.3) is 5.91 Å². The highest BCUT2D eigenvalue weighted by molar-refractivity contribution is 7.21. The maximum atomic E-state index is 12.9. The van der Waals surface area contributed by atoms with Crippen LogP contribution in [0.3, 0.4) is 0 Å². The molecule has 112 valence electrons. The molecule has 0 aliphatic carbocycles. The van der Waals surface area contributed by atoms with E-state index in [1.165, 1.54) is 17.8 Å². The molecule has 0 bridgehead atoms. The SMILES string of the molecule is CCC1CCCCN1C(=O)c1sc2nccc(C)c2c1N. The van der Waals surface area contributed by atoms with E-state index in [2.05, 4.69) is 11.9 Å². The summed E-state index contributed by atoms with van der Waals surface area (Å²) in [5.74, 6) is 0.0847. The maximum absolute atomic E-state index is 12.9. The minimum atomic E-state index is 0.0847. The number of nitrogens with zero attached hydrogens (tertiary/aromatic N) is 2. The third-order valence-electron chi connectivity index (χ3n) is 4.39. The fraction of sp³-hybridized carbons (Fsp3) is 0.500. The van der Waals surface area contributed by atoms with Gasteiger partial charge in [-0.05, 0) is 44.2 Å². The van der Waals surface area contributed by atoms with Crippen LogP contribution in [0.2, 0.25) is 0 Å². The smallest absolute Gasteiger partial charge is 0.266 e. The van der Waals surface area contributed by atoms with E-state index in [4.69, 9.17) is 5.73 Å². The lowest BCUT2D eigenvalue weighted by Crippen LogP contribution is -2.43. The number of carbonyl (C=O) groups excluding carboxylic acids is 1. The van der Waals surface area contributed by atoms with Gasteiger partial charge in [0.1, 0.15) is 9.71 Å². The number of amides is 1. The fourth-order valence-electron chi connectivity index (χ4n) is 3.19. The van der Waals surface area contributed by atoms with E-state index in [1.807, 2.05) is 17.9 Å². The molecule has 3 rings (SSSR count). The fourth-order valence-corrected chi connectivity index (χ4v) is 4.28. The van der Waals surface area contributed by atoms with Gasteiger partial charge in [-0.1, -0.05) is 6.92 Å². The summed E-state index contributed by atoms with van der Waals surface area (Å²) in [6.07, 6.45) is 6.19. The molecular formula is C16H21N3OS. The van der Waals surface area contributed by atoms with Crippen LogP contribution in [0.5, 0.6) is 0 Å². The Morgan fingerprint density at radius 2 is 2.33 bits per heavy atom. The molecule has 1 saturated heterocycles. The first-order chi connectivity index (χ1) is 10.1. The molecule has 1 aliphatic heterocycles. The number of nitrogens with two attached hydrogens (primary N) is 1. The molecule has 0 spiro atoms. The number of anilines is 1. The molecule has 1 unspecified atom stereocenters. The predicted molar refractivity (Wildman–Crippen MR) is 87.7 cm³/mol. The highest BCUT2D eigenvalue weighted by atomic mass is 32.1. The molecule has 1 fully saturated rings. The minimum Gasteiger partial charge on any atom is -0.397 e. The average Bonchev–Trinajstić information content (AvgIpc) is 2.85. The second-order valence-corrected chi connectivity index (χ2v) is 6.71. The van der Waals surface area contributed by atoms with Crippen LogP contribution in [0, 0.1) is 6.92 Å². The van der Waals surface area contributed by atoms with Gasteiger partial charge in [-0.15, -0.1) is 11.3 Å². The lowest BCUT2D eigenvalue weighted by molar-refractivity contribution is 0.0614. The minimum absolute atomic E-state index is 0.0847. The summed E-state index contributed by atoms with van der Waals surface area (Å²) < 4.78 is 0. The molecule has 2 aromatic rings. The van der Waals surface area contributed by atoms with Crippen molar-refractivity contribution in [2.75, 3.05) is 12.3 Å². The number of piperidine rings is 1. The lowest BCUT2D eigenvalue weighted by atomic mass is 9.99. The quantitative estimate of drug-likeness (QED) is 0.922. The van der Waals surface area contributed by atoms with Gasteiger partial charge in [0.2, 0.25) is 0 Å². The number of hydrogen-bond acceptors (Lipinski definition) is 4. The van der Waals surface area contributed by atoms with Crippen molar-refractivity contribution in [3.8, 4) is 0 Å². The van der Waals surface area contributed by atoms with Crippen LogP contribution in [0.15, 0.2) is 12.3 Å². The topological polar surface area (TPSA) is 59.2 Å². The van der Waals surface area contributed by atoms with E-state index in [1.54, 1.807) is 6.20 Å². The largest absolute Gasteiger partial charge is 0.397 e. The molecule has 3 heterocycles. The number of nitrogen functional groups attached to an aromatic ring is 1. The van der Waals surface area contributed by atoms with E-state index < -0.39 is 0 Å². The van der Waals surface area contributed by atoms with Crippen molar-refractivity contribution < 1.29 is 4.79 Å². The van der Waals surface area contributed by atoms with E-state index in [0.717, 1.165) is 41.6 Å². The average molecular weight is 303 g/mol. The predicted octanol–water partition coefficient (Wildman–Crippen LogP) is 3.59. The Labute approximate surface area is 129 Å². The molecule has 2 aromatic heterocycles. The summed E-state index contributed by atoms with van der Waals surface area (Å²) in [5, 5.41) is 0.941. The maximum Gasteiger partial charge on any atom is 0.266 e. The second kappa shape index (κ2) is 5.64.